The first-order valence-electron chi connectivity index (χ1n) is 5.55. The quantitative estimate of drug-likeness (QED) is 0.832. The van der Waals surface area contributed by atoms with E-state index in [1.54, 1.807) is 14.2 Å². The standard InChI is InChI=1S/C13H21NO2/c1-9(2)11(14)7-10-5-6-12(15-3)13(8-10)16-4/h5-6,8-9,11H,7,14H2,1-4H3/t11-/m1/s1. The molecule has 1 aromatic carbocycles. The van der Waals surface area contributed by atoms with Gasteiger partial charge in [0.2, 0.25) is 0 Å². The van der Waals surface area contributed by atoms with E-state index in [1.165, 1.54) is 5.56 Å². The van der Waals surface area contributed by atoms with E-state index in [-0.39, 0.29) is 6.04 Å². The fraction of sp³-hybridized carbons (Fsp3) is 0.538. The first-order chi connectivity index (χ1) is 7.58. The number of ether oxygens (including phenoxy) is 2. The molecule has 3 heteroatoms. The van der Waals surface area contributed by atoms with Crippen LogP contribution in [0.4, 0.5) is 0 Å². The highest BCUT2D eigenvalue weighted by atomic mass is 16.5. The Morgan fingerprint density at radius 1 is 1.12 bits per heavy atom. The predicted octanol–water partition coefficient (Wildman–Crippen LogP) is 2.23. The van der Waals surface area contributed by atoms with E-state index in [0.717, 1.165) is 17.9 Å². The minimum absolute atomic E-state index is 0.179. The van der Waals surface area contributed by atoms with Crippen molar-refractivity contribution in [1.29, 1.82) is 0 Å². The number of benzene rings is 1. The molecule has 2 N–H and O–H groups in total. The van der Waals surface area contributed by atoms with Crippen LogP contribution in [0.25, 0.3) is 0 Å². The second-order valence-corrected chi connectivity index (χ2v) is 4.30. The van der Waals surface area contributed by atoms with Crippen LogP contribution in [0, 0.1) is 5.92 Å². The van der Waals surface area contributed by atoms with Crippen LogP contribution in [-0.2, 0) is 6.42 Å². The second kappa shape index (κ2) is 5.75. The Bertz CT molecular complexity index is 337. The van der Waals surface area contributed by atoms with Crippen molar-refractivity contribution in [1.82, 2.24) is 0 Å². The zero-order valence-corrected chi connectivity index (χ0v) is 10.5. The third kappa shape index (κ3) is 3.14. The van der Waals surface area contributed by atoms with Crippen molar-refractivity contribution in [2.24, 2.45) is 11.7 Å². The summed E-state index contributed by atoms with van der Waals surface area (Å²) in [5, 5.41) is 0. The van der Waals surface area contributed by atoms with Gasteiger partial charge in [-0.1, -0.05) is 19.9 Å². The summed E-state index contributed by atoms with van der Waals surface area (Å²) in [6.07, 6.45) is 0.859. The molecule has 0 heterocycles. The number of hydrogen-bond donors (Lipinski definition) is 1. The Morgan fingerprint density at radius 3 is 2.25 bits per heavy atom. The molecule has 0 aliphatic heterocycles. The Hall–Kier alpha value is -1.22. The van der Waals surface area contributed by atoms with Crippen molar-refractivity contribution >= 4 is 0 Å². The molecule has 0 unspecified atom stereocenters. The van der Waals surface area contributed by atoms with Crippen molar-refractivity contribution in [2.75, 3.05) is 14.2 Å². The molecular formula is C13H21NO2. The Balaban J connectivity index is 2.82. The van der Waals surface area contributed by atoms with Gasteiger partial charge in [-0.3, -0.25) is 0 Å². The molecular weight excluding hydrogens is 202 g/mol. The van der Waals surface area contributed by atoms with Crippen molar-refractivity contribution in [3.63, 3.8) is 0 Å². The van der Waals surface area contributed by atoms with E-state index in [1.807, 2.05) is 18.2 Å². The smallest absolute Gasteiger partial charge is 0.160 e. The van der Waals surface area contributed by atoms with Gasteiger partial charge in [-0.15, -0.1) is 0 Å². The van der Waals surface area contributed by atoms with Crippen LogP contribution in [0.15, 0.2) is 18.2 Å². The summed E-state index contributed by atoms with van der Waals surface area (Å²) < 4.78 is 10.4. The van der Waals surface area contributed by atoms with Gasteiger partial charge in [-0.25, -0.2) is 0 Å². The molecule has 0 saturated carbocycles. The molecule has 0 spiro atoms. The van der Waals surface area contributed by atoms with Gasteiger partial charge in [0.05, 0.1) is 14.2 Å². The molecule has 0 aliphatic rings. The van der Waals surface area contributed by atoms with Gasteiger partial charge in [-0.2, -0.15) is 0 Å². The lowest BCUT2D eigenvalue weighted by Crippen LogP contribution is -2.28. The third-order valence-corrected chi connectivity index (χ3v) is 2.78. The fourth-order valence-electron chi connectivity index (χ4n) is 1.52. The van der Waals surface area contributed by atoms with Gasteiger partial charge in [0, 0.05) is 6.04 Å². The number of hydrogen-bond acceptors (Lipinski definition) is 3. The molecule has 1 rings (SSSR count). The van der Waals surface area contributed by atoms with Gasteiger partial charge < -0.3 is 15.2 Å². The maximum atomic E-state index is 6.04. The van der Waals surface area contributed by atoms with E-state index in [0.29, 0.717) is 5.92 Å². The lowest BCUT2D eigenvalue weighted by Gasteiger charge is -2.16. The van der Waals surface area contributed by atoms with Gasteiger partial charge >= 0.3 is 0 Å². The van der Waals surface area contributed by atoms with Crippen molar-refractivity contribution in [3.05, 3.63) is 23.8 Å². The number of methoxy groups -OCH3 is 2. The zero-order valence-electron chi connectivity index (χ0n) is 10.5. The van der Waals surface area contributed by atoms with Crippen molar-refractivity contribution in [2.45, 2.75) is 26.3 Å². The largest absolute Gasteiger partial charge is 0.493 e. The minimum Gasteiger partial charge on any atom is -0.493 e. The molecule has 16 heavy (non-hydrogen) atoms. The molecule has 1 aromatic rings. The molecule has 0 aliphatic carbocycles. The van der Waals surface area contributed by atoms with Gasteiger partial charge in [0.25, 0.3) is 0 Å². The van der Waals surface area contributed by atoms with E-state index in [2.05, 4.69) is 13.8 Å². The molecule has 0 radical (unpaired) electrons. The molecule has 0 fully saturated rings. The summed E-state index contributed by atoms with van der Waals surface area (Å²) in [6, 6.07) is 6.12. The highest BCUT2D eigenvalue weighted by Crippen LogP contribution is 2.28. The molecule has 90 valence electrons. The summed E-state index contributed by atoms with van der Waals surface area (Å²) in [6.45, 7) is 4.26. The molecule has 3 nitrogen and oxygen atoms in total. The highest BCUT2D eigenvalue weighted by Gasteiger charge is 2.10. The van der Waals surface area contributed by atoms with Gasteiger partial charge in [0.15, 0.2) is 11.5 Å². The zero-order chi connectivity index (χ0) is 12.1. The maximum Gasteiger partial charge on any atom is 0.160 e. The monoisotopic (exact) mass is 223 g/mol. The Morgan fingerprint density at radius 2 is 1.75 bits per heavy atom. The first kappa shape index (κ1) is 12.8. The minimum atomic E-state index is 0.179. The van der Waals surface area contributed by atoms with Crippen LogP contribution in [0.3, 0.4) is 0 Å². The lowest BCUT2D eigenvalue weighted by molar-refractivity contribution is 0.354. The average molecular weight is 223 g/mol. The van der Waals surface area contributed by atoms with Gasteiger partial charge in [0.1, 0.15) is 0 Å². The first-order valence-corrected chi connectivity index (χ1v) is 5.55. The van der Waals surface area contributed by atoms with Crippen LogP contribution in [0.2, 0.25) is 0 Å². The van der Waals surface area contributed by atoms with E-state index in [9.17, 15) is 0 Å². The molecule has 1 atom stereocenters. The molecule has 0 saturated heterocycles. The van der Waals surface area contributed by atoms with Crippen LogP contribution in [-0.4, -0.2) is 20.3 Å². The number of nitrogens with two attached hydrogens (primary N) is 1. The number of rotatable bonds is 5. The van der Waals surface area contributed by atoms with Crippen molar-refractivity contribution < 1.29 is 9.47 Å². The van der Waals surface area contributed by atoms with E-state index < -0.39 is 0 Å². The highest BCUT2D eigenvalue weighted by molar-refractivity contribution is 5.43. The summed E-state index contributed by atoms with van der Waals surface area (Å²) >= 11 is 0. The van der Waals surface area contributed by atoms with Crippen LogP contribution < -0.4 is 15.2 Å². The normalized spacial score (nSPS) is 12.6. The predicted molar refractivity (Wildman–Crippen MR) is 66.1 cm³/mol. The van der Waals surface area contributed by atoms with Crippen molar-refractivity contribution in [3.8, 4) is 11.5 Å². The second-order valence-electron chi connectivity index (χ2n) is 4.30. The average Bonchev–Trinajstić information content (AvgIpc) is 2.28. The van der Waals surface area contributed by atoms with E-state index >= 15 is 0 Å². The third-order valence-electron chi connectivity index (χ3n) is 2.78. The lowest BCUT2D eigenvalue weighted by atomic mass is 9.97. The summed E-state index contributed by atoms with van der Waals surface area (Å²) in [5.41, 5.74) is 7.22. The van der Waals surface area contributed by atoms with Crippen LogP contribution in [0.1, 0.15) is 19.4 Å². The summed E-state index contributed by atoms with van der Waals surface area (Å²) in [7, 11) is 3.28. The molecule has 0 bridgehead atoms. The van der Waals surface area contributed by atoms with E-state index in [4.69, 9.17) is 15.2 Å². The summed E-state index contributed by atoms with van der Waals surface area (Å²) in [5.74, 6) is 1.99. The summed E-state index contributed by atoms with van der Waals surface area (Å²) in [4.78, 5) is 0. The van der Waals surface area contributed by atoms with Gasteiger partial charge in [-0.05, 0) is 30.0 Å². The Kier molecular flexibility index (Phi) is 4.62. The topological polar surface area (TPSA) is 44.5 Å². The van der Waals surface area contributed by atoms with Crippen LogP contribution in [0.5, 0.6) is 11.5 Å². The fourth-order valence-corrected chi connectivity index (χ4v) is 1.52. The molecule has 0 aromatic heterocycles. The van der Waals surface area contributed by atoms with Crippen LogP contribution >= 0.6 is 0 Å². The molecule has 0 amide bonds. The Labute approximate surface area is 97.6 Å². The maximum absolute atomic E-state index is 6.04. The SMILES string of the molecule is COc1ccc(C[C@@H](N)C(C)C)cc1OC.